The molecule has 628 valence electrons. The number of ether oxygens (including phenoxy) is 2. The molecule has 4 N–H and O–H groups in total. The van der Waals surface area contributed by atoms with E-state index in [1.807, 2.05) is 13.8 Å². The zero-order valence-electron chi connectivity index (χ0n) is 62.1. The number of sulfonamides is 2. The number of amides is 2. The molecule has 0 bridgehead atoms. The van der Waals surface area contributed by atoms with Gasteiger partial charge in [0.25, 0.3) is 24.7 Å². The van der Waals surface area contributed by atoms with E-state index in [-0.39, 0.29) is 120 Å². The zero-order valence-corrected chi connectivity index (χ0v) is 65.2. The highest BCUT2D eigenvalue weighted by molar-refractivity contribution is 7.92. The zero-order chi connectivity index (χ0) is 82.8. The van der Waals surface area contributed by atoms with Gasteiger partial charge in [0.2, 0.25) is 31.9 Å². The van der Waals surface area contributed by atoms with Crippen molar-refractivity contribution in [2.75, 3.05) is 35.2 Å². The third kappa shape index (κ3) is 16.4. The Balaban J connectivity index is 0.000000201. The average Bonchev–Trinajstić information content (AvgIpc) is 1.52. The summed E-state index contributed by atoms with van der Waals surface area (Å²) in [6, 6.07) is 16.5. The lowest BCUT2D eigenvalue weighted by molar-refractivity contribution is -0.123. The van der Waals surface area contributed by atoms with Crippen molar-refractivity contribution in [1.82, 2.24) is 68.9 Å². The first-order valence-electron chi connectivity index (χ1n) is 36.3. The van der Waals surface area contributed by atoms with E-state index < -0.39 is 151 Å². The van der Waals surface area contributed by atoms with E-state index in [0.29, 0.717) is 90.1 Å². The fourth-order valence-corrected chi connectivity index (χ4v) is 17.5. The second-order valence-corrected chi connectivity index (χ2v) is 33.5. The molecule has 0 spiro atoms. The van der Waals surface area contributed by atoms with Gasteiger partial charge < -0.3 is 29.2 Å². The SMILES string of the molecule is C.C.CCCOCn1ccc2cc(-c3ccc(Cl)c4c(NS(C)(=O)=O)nn(C)c34)c(C(Cc3cc(F)cc(F)c3)NC(=O)Cn3nc(C(F)F)c4c3C(F)(F)[C@@H]3C[C@H]43)nc21.CCCOCn1ccc2cc(-c3ccc(Cl)c4c(NS(C)(=O)=O)nn(C)c34)c([C@H](Cc3cc(F)cc(F)c3)NC(=O)Cn3nc(C(F)F)c4c3C(F)(F)[C@@H]3C[C@H]43)nc21. The minimum atomic E-state index is -3.82. The lowest BCUT2D eigenvalue weighted by Gasteiger charge is -2.23. The van der Waals surface area contributed by atoms with Gasteiger partial charge in [0.15, 0.2) is 11.6 Å². The lowest BCUT2D eigenvalue weighted by Crippen LogP contribution is -2.35. The fourth-order valence-electron chi connectivity index (χ4n) is 16.0. The number of halogens is 14. The van der Waals surface area contributed by atoms with Gasteiger partial charge in [0.05, 0.1) is 67.8 Å². The molecular formula is C78H78Cl2F12N16O8S2. The van der Waals surface area contributed by atoms with E-state index in [1.54, 1.807) is 72.0 Å². The molecule has 40 heteroatoms. The Morgan fingerprint density at radius 1 is 0.534 bits per heavy atom. The summed E-state index contributed by atoms with van der Waals surface area (Å²) >= 11 is 13.3. The summed E-state index contributed by atoms with van der Waals surface area (Å²) in [5.74, 6) is -16.5. The predicted molar refractivity (Wildman–Crippen MR) is 418 cm³/mol. The topological polar surface area (TPSA) is 276 Å². The summed E-state index contributed by atoms with van der Waals surface area (Å²) < 4.78 is 250. The molecule has 4 aliphatic carbocycles. The van der Waals surface area contributed by atoms with Gasteiger partial charge in [-0.1, -0.05) is 64.0 Å². The maximum Gasteiger partial charge on any atom is 0.293 e. The van der Waals surface area contributed by atoms with Crippen molar-refractivity contribution in [1.29, 1.82) is 0 Å². The van der Waals surface area contributed by atoms with E-state index in [1.165, 1.54) is 21.5 Å². The first-order chi connectivity index (χ1) is 54.9. The molecule has 0 aliphatic heterocycles. The van der Waals surface area contributed by atoms with Gasteiger partial charge in [0, 0.05) is 108 Å². The summed E-state index contributed by atoms with van der Waals surface area (Å²) in [5.41, 5.74) is -0.101. The summed E-state index contributed by atoms with van der Waals surface area (Å²) in [7, 11) is -4.51. The van der Waals surface area contributed by atoms with Gasteiger partial charge in [-0.3, -0.25) is 37.8 Å². The number of nitrogens with one attached hydrogen (secondary N) is 4. The summed E-state index contributed by atoms with van der Waals surface area (Å²) in [6.45, 7) is 3.17. The average molecular weight is 1730 g/mol. The number of aromatic nitrogens is 12. The Kier molecular flexibility index (Phi) is 23.5. The van der Waals surface area contributed by atoms with Gasteiger partial charge in [-0.15, -0.1) is 0 Å². The number of anilines is 2. The summed E-state index contributed by atoms with van der Waals surface area (Å²) in [6.07, 6.45) is 0.0159. The van der Waals surface area contributed by atoms with E-state index in [0.717, 1.165) is 49.6 Å². The number of rotatable bonds is 28. The van der Waals surface area contributed by atoms with Crippen LogP contribution < -0.4 is 20.1 Å². The highest BCUT2D eigenvalue weighted by Crippen LogP contribution is 2.69. The molecule has 8 aromatic heterocycles. The molecule has 2 saturated carbocycles. The third-order valence-electron chi connectivity index (χ3n) is 20.7. The van der Waals surface area contributed by atoms with Gasteiger partial charge in [0.1, 0.15) is 83.9 Å². The molecule has 2 fully saturated rings. The van der Waals surface area contributed by atoms with Crippen molar-refractivity contribution in [3.05, 3.63) is 187 Å². The predicted octanol–water partition coefficient (Wildman–Crippen LogP) is 16.7. The molecule has 16 rings (SSSR count). The molecule has 12 aromatic rings. The third-order valence-corrected chi connectivity index (χ3v) is 22.4. The lowest BCUT2D eigenvalue weighted by atomic mass is 9.93. The number of alkyl halides is 8. The molecule has 8 heterocycles. The quantitative estimate of drug-likeness (QED) is 0.0262. The molecule has 0 saturated heterocycles. The Bertz CT molecular complexity index is 5800. The number of fused-ring (bicyclic) bond motifs is 10. The van der Waals surface area contributed by atoms with E-state index >= 15 is 17.6 Å². The maximum atomic E-state index is 15.5. The van der Waals surface area contributed by atoms with Crippen molar-refractivity contribution in [2.45, 2.75) is 142 Å². The van der Waals surface area contributed by atoms with Crippen LogP contribution in [-0.4, -0.2) is 113 Å². The molecular weight excluding hydrogens is 1650 g/mol. The Labute approximate surface area is 677 Å². The number of carbonyl (C=O) groups is 2. The summed E-state index contributed by atoms with van der Waals surface area (Å²) in [5, 5.41) is 23.8. The number of nitrogens with zero attached hydrogens (tertiary/aromatic N) is 12. The van der Waals surface area contributed by atoms with Crippen LogP contribution in [-0.2, 0) is 104 Å². The van der Waals surface area contributed by atoms with Crippen LogP contribution in [0.15, 0.2) is 97.3 Å². The van der Waals surface area contributed by atoms with E-state index in [4.69, 9.17) is 42.6 Å². The smallest absolute Gasteiger partial charge is 0.293 e. The second-order valence-electron chi connectivity index (χ2n) is 29.2. The first kappa shape index (κ1) is 85.6. The molecule has 24 nitrogen and oxygen atoms in total. The Morgan fingerprint density at radius 2 is 0.898 bits per heavy atom. The minimum Gasteiger partial charge on any atom is -0.361 e. The van der Waals surface area contributed by atoms with Crippen LogP contribution in [0.1, 0.15) is 148 Å². The normalized spacial score (nSPS) is 17.3. The van der Waals surface area contributed by atoms with Gasteiger partial charge in [-0.2, -0.15) is 38.0 Å². The second kappa shape index (κ2) is 32.5. The first-order valence-corrected chi connectivity index (χ1v) is 40.9. The van der Waals surface area contributed by atoms with E-state index in [2.05, 4.69) is 40.5 Å². The minimum absolute atomic E-state index is 0. The van der Waals surface area contributed by atoms with Crippen molar-refractivity contribution in [3.8, 4) is 22.3 Å². The highest BCUT2D eigenvalue weighted by Gasteiger charge is 2.68. The highest BCUT2D eigenvalue weighted by atomic mass is 35.5. The van der Waals surface area contributed by atoms with Gasteiger partial charge in [-0.25, -0.2) is 61.9 Å². The van der Waals surface area contributed by atoms with Crippen LogP contribution in [0, 0.1) is 35.1 Å². The number of carbonyl (C=O) groups excluding carboxylic acids is 2. The van der Waals surface area contributed by atoms with Crippen LogP contribution in [0.4, 0.5) is 64.3 Å². The standard InChI is InChI=1S/2C38H35ClF6N8O4S.2CH4/c2*1-4-9-57-17-52-8-7-19-13-23(22-5-6-26(39)30-33(22)51(2)49-36(30)50-58(3,55)56)31(47-37(19)52)27(12-18-10-20(40)14-21(41)11-18)46-28(54)16-53-34-29(32(48-53)35(42)43)24-15-25(24)38(34,44)45;;/h2*5-8,10-11,13-14,24-25,27,35H,4,9,12,15-17H2,1-3H3,(H,46,54)(H,49,50);2*1H4/t24-,25+,27?;24-,25+,27-;;/m00../s1. The largest absolute Gasteiger partial charge is 0.361 e. The van der Waals surface area contributed by atoms with Crippen LogP contribution >= 0.6 is 23.2 Å². The van der Waals surface area contributed by atoms with Gasteiger partial charge >= 0.3 is 0 Å². The van der Waals surface area contributed by atoms with Crippen LogP contribution in [0.25, 0.3) is 66.1 Å². The Hall–Kier alpha value is -10.3. The monoisotopic (exact) mass is 1730 g/mol. The van der Waals surface area contributed by atoms with Crippen molar-refractivity contribution >= 4 is 111 Å². The molecule has 0 radical (unpaired) electrons. The number of hydrogen-bond donors (Lipinski definition) is 4. The van der Waals surface area contributed by atoms with Crippen LogP contribution in [0.2, 0.25) is 10.0 Å². The van der Waals surface area contributed by atoms with Crippen molar-refractivity contribution < 1.29 is 88.6 Å². The number of aryl methyl sites for hydroxylation is 2. The molecule has 4 aliphatic rings. The molecule has 4 aromatic carbocycles. The van der Waals surface area contributed by atoms with Crippen LogP contribution in [0.5, 0.6) is 0 Å². The van der Waals surface area contributed by atoms with Crippen molar-refractivity contribution in [2.24, 2.45) is 25.9 Å². The fraction of sp³-hybridized carbons (Fsp3) is 0.385. The van der Waals surface area contributed by atoms with Crippen LogP contribution in [0.3, 0.4) is 0 Å². The number of hydrogen-bond acceptors (Lipinski definition) is 14. The Morgan fingerprint density at radius 3 is 1.24 bits per heavy atom. The molecule has 2 amide bonds. The van der Waals surface area contributed by atoms with Crippen molar-refractivity contribution in [3.63, 3.8) is 0 Å². The molecule has 6 atom stereocenters. The molecule has 1 unspecified atom stereocenters. The van der Waals surface area contributed by atoms with Gasteiger partial charge in [-0.05, 0) is 122 Å². The maximum absolute atomic E-state index is 15.5. The van der Waals surface area contributed by atoms with E-state index in [9.17, 15) is 61.5 Å². The number of pyridine rings is 2. The molecule has 118 heavy (non-hydrogen) atoms. The summed E-state index contributed by atoms with van der Waals surface area (Å²) in [4.78, 5) is 38.1. The number of benzene rings is 4.